The monoisotopic (exact) mass is 395 g/mol. The van der Waals surface area contributed by atoms with E-state index in [0.29, 0.717) is 22.2 Å². The van der Waals surface area contributed by atoms with Crippen molar-refractivity contribution in [1.82, 2.24) is 16.2 Å². The summed E-state index contributed by atoms with van der Waals surface area (Å²) in [7, 11) is 0. The van der Waals surface area contributed by atoms with Crippen LogP contribution in [0.4, 0.5) is 0 Å². The van der Waals surface area contributed by atoms with Crippen LogP contribution in [0.15, 0.2) is 78.9 Å². The average Bonchev–Trinajstić information content (AvgIpc) is 2.72. The summed E-state index contributed by atoms with van der Waals surface area (Å²) >= 11 is 11.0. The Morgan fingerprint density at radius 1 is 0.815 bits per heavy atom. The maximum atomic E-state index is 12.0. The van der Waals surface area contributed by atoms with Crippen molar-refractivity contribution in [1.29, 1.82) is 0 Å². The number of halogens is 1. The van der Waals surface area contributed by atoms with Gasteiger partial charge in [-0.15, -0.1) is 0 Å². The highest BCUT2D eigenvalue weighted by molar-refractivity contribution is 7.80. The Bertz CT molecular complexity index is 912. The minimum atomic E-state index is -0.289. The molecule has 0 unspecified atom stereocenters. The zero-order valence-corrected chi connectivity index (χ0v) is 16.0. The molecule has 0 fully saturated rings. The maximum Gasteiger partial charge on any atom is 0.269 e. The molecule has 0 spiro atoms. The molecule has 6 heteroatoms. The second kappa shape index (κ2) is 9.16. The number of hydrazine groups is 1. The Labute approximate surface area is 168 Å². The van der Waals surface area contributed by atoms with E-state index in [0.717, 1.165) is 11.1 Å². The number of hydrogen-bond donors (Lipinski definition) is 3. The first kappa shape index (κ1) is 18.9. The SMILES string of the molecule is O=C(NNC(=S)NCc1ccc(-c2ccccc2)cc1)c1ccc(Cl)cc1. The van der Waals surface area contributed by atoms with Gasteiger partial charge in [-0.05, 0) is 53.2 Å². The van der Waals surface area contributed by atoms with Crippen molar-refractivity contribution in [2.45, 2.75) is 6.54 Å². The number of amides is 1. The van der Waals surface area contributed by atoms with Crippen molar-refractivity contribution in [3.8, 4) is 11.1 Å². The molecule has 0 aliphatic rings. The fourth-order valence-corrected chi connectivity index (χ4v) is 2.71. The van der Waals surface area contributed by atoms with Crippen LogP contribution in [0.2, 0.25) is 5.02 Å². The van der Waals surface area contributed by atoms with E-state index in [1.54, 1.807) is 24.3 Å². The van der Waals surface area contributed by atoms with Crippen LogP contribution in [0.5, 0.6) is 0 Å². The zero-order chi connectivity index (χ0) is 19.1. The standard InChI is InChI=1S/C21H18ClN3OS/c22-19-12-10-18(11-13-19)20(26)24-25-21(27)23-14-15-6-8-17(9-7-15)16-4-2-1-3-5-16/h1-13H,14H2,(H,24,26)(H2,23,25,27). The summed E-state index contributed by atoms with van der Waals surface area (Å²) in [4.78, 5) is 12.0. The maximum absolute atomic E-state index is 12.0. The molecule has 1 amide bonds. The lowest BCUT2D eigenvalue weighted by Gasteiger charge is -2.12. The highest BCUT2D eigenvalue weighted by Crippen LogP contribution is 2.19. The van der Waals surface area contributed by atoms with Crippen LogP contribution in [-0.2, 0) is 6.54 Å². The zero-order valence-electron chi connectivity index (χ0n) is 14.4. The number of nitrogens with one attached hydrogen (secondary N) is 3. The van der Waals surface area contributed by atoms with E-state index in [2.05, 4.69) is 40.4 Å². The highest BCUT2D eigenvalue weighted by atomic mass is 35.5. The Hall–Kier alpha value is -2.89. The molecule has 0 aliphatic heterocycles. The van der Waals surface area contributed by atoms with Gasteiger partial charge in [0.05, 0.1) is 0 Å². The summed E-state index contributed by atoms with van der Waals surface area (Å²) in [6.07, 6.45) is 0. The first-order valence-electron chi connectivity index (χ1n) is 8.36. The summed E-state index contributed by atoms with van der Waals surface area (Å²) in [5, 5.41) is 3.97. The van der Waals surface area contributed by atoms with Crippen LogP contribution in [0.3, 0.4) is 0 Å². The van der Waals surface area contributed by atoms with Crippen LogP contribution in [0.25, 0.3) is 11.1 Å². The Morgan fingerprint density at radius 2 is 1.44 bits per heavy atom. The molecule has 0 aliphatic carbocycles. The predicted octanol–water partition coefficient (Wildman–Crippen LogP) is 4.32. The van der Waals surface area contributed by atoms with Gasteiger partial charge in [-0.25, -0.2) is 0 Å². The predicted molar refractivity (Wildman–Crippen MR) is 113 cm³/mol. The van der Waals surface area contributed by atoms with Gasteiger partial charge in [-0.3, -0.25) is 15.6 Å². The molecule has 3 aromatic carbocycles. The van der Waals surface area contributed by atoms with Gasteiger partial charge in [-0.2, -0.15) is 0 Å². The van der Waals surface area contributed by atoms with E-state index in [-0.39, 0.29) is 5.91 Å². The lowest BCUT2D eigenvalue weighted by molar-refractivity contribution is 0.0943. The molecule has 3 N–H and O–H groups in total. The second-order valence-electron chi connectivity index (χ2n) is 5.83. The first-order valence-corrected chi connectivity index (χ1v) is 9.14. The normalized spacial score (nSPS) is 10.1. The van der Waals surface area contributed by atoms with Crippen molar-refractivity contribution in [3.63, 3.8) is 0 Å². The van der Waals surface area contributed by atoms with E-state index in [4.69, 9.17) is 23.8 Å². The molecule has 3 aromatic rings. The number of carbonyl (C=O) groups is 1. The molecular formula is C21H18ClN3OS. The highest BCUT2D eigenvalue weighted by Gasteiger charge is 2.05. The van der Waals surface area contributed by atoms with Crippen LogP contribution in [-0.4, -0.2) is 11.0 Å². The van der Waals surface area contributed by atoms with Crippen LogP contribution >= 0.6 is 23.8 Å². The van der Waals surface area contributed by atoms with Gasteiger partial charge >= 0.3 is 0 Å². The topological polar surface area (TPSA) is 53.2 Å². The molecule has 0 aromatic heterocycles. The summed E-state index contributed by atoms with van der Waals surface area (Å²) in [6, 6.07) is 25.0. The smallest absolute Gasteiger partial charge is 0.269 e. The quantitative estimate of drug-likeness (QED) is 0.455. The fourth-order valence-electron chi connectivity index (χ4n) is 2.46. The van der Waals surface area contributed by atoms with E-state index in [9.17, 15) is 4.79 Å². The average molecular weight is 396 g/mol. The third-order valence-corrected chi connectivity index (χ3v) is 4.41. The van der Waals surface area contributed by atoms with Gasteiger partial charge in [0, 0.05) is 17.1 Å². The molecule has 136 valence electrons. The van der Waals surface area contributed by atoms with Crippen LogP contribution < -0.4 is 16.2 Å². The van der Waals surface area contributed by atoms with Gasteiger partial charge in [0.2, 0.25) is 0 Å². The molecule has 0 bridgehead atoms. The molecule has 0 atom stereocenters. The summed E-state index contributed by atoms with van der Waals surface area (Å²) in [5.41, 5.74) is 9.16. The summed E-state index contributed by atoms with van der Waals surface area (Å²) in [6.45, 7) is 0.553. The van der Waals surface area contributed by atoms with E-state index in [1.165, 1.54) is 5.56 Å². The van der Waals surface area contributed by atoms with Gasteiger partial charge in [-0.1, -0.05) is 66.2 Å². The molecule has 0 saturated carbocycles. The third kappa shape index (κ3) is 5.54. The minimum Gasteiger partial charge on any atom is -0.357 e. The van der Waals surface area contributed by atoms with Crippen LogP contribution in [0.1, 0.15) is 15.9 Å². The van der Waals surface area contributed by atoms with Crippen molar-refractivity contribution in [3.05, 3.63) is 95.0 Å². The lowest BCUT2D eigenvalue weighted by atomic mass is 10.0. The number of hydrogen-bond acceptors (Lipinski definition) is 2. The third-order valence-electron chi connectivity index (χ3n) is 3.91. The first-order chi connectivity index (χ1) is 13.1. The molecule has 4 nitrogen and oxygen atoms in total. The van der Waals surface area contributed by atoms with E-state index in [1.807, 2.05) is 30.3 Å². The Morgan fingerprint density at radius 3 is 2.11 bits per heavy atom. The van der Waals surface area contributed by atoms with Crippen molar-refractivity contribution in [2.75, 3.05) is 0 Å². The molecular weight excluding hydrogens is 378 g/mol. The molecule has 0 saturated heterocycles. The molecule has 3 rings (SSSR count). The Kier molecular flexibility index (Phi) is 6.41. The van der Waals surface area contributed by atoms with Crippen LogP contribution in [0, 0.1) is 0 Å². The number of rotatable bonds is 4. The van der Waals surface area contributed by atoms with Crippen molar-refractivity contribution < 1.29 is 4.79 Å². The van der Waals surface area contributed by atoms with Crippen molar-refractivity contribution >= 4 is 34.8 Å². The number of benzene rings is 3. The lowest BCUT2D eigenvalue weighted by Crippen LogP contribution is -2.46. The van der Waals surface area contributed by atoms with Gasteiger partial charge in [0.1, 0.15) is 0 Å². The fraction of sp³-hybridized carbons (Fsp3) is 0.0476. The van der Waals surface area contributed by atoms with Crippen molar-refractivity contribution in [2.24, 2.45) is 0 Å². The Balaban J connectivity index is 1.46. The van der Waals surface area contributed by atoms with Gasteiger partial charge < -0.3 is 5.32 Å². The van der Waals surface area contributed by atoms with Gasteiger partial charge in [0.15, 0.2) is 5.11 Å². The summed E-state index contributed by atoms with van der Waals surface area (Å²) < 4.78 is 0. The molecule has 0 radical (unpaired) electrons. The molecule has 27 heavy (non-hydrogen) atoms. The number of thiocarbonyl (C=S) groups is 1. The van der Waals surface area contributed by atoms with Gasteiger partial charge in [0.25, 0.3) is 5.91 Å². The molecule has 0 heterocycles. The largest absolute Gasteiger partial charge is 0.357 e. The van der Waals surface area contributed by atoms with E-state index >= 15 is 0 Å². The summed E-state index contributed by atoms with van der Waals surface area (Å²) in [5.74, 6) is -0.289. The second-order valence-corrected chi connectivity index (χ2v) is 6.68. The van der Waals surface area contributed by atoms with E-state index < -0.39 is 0 Å². The number of carbonyl (C=O) groups excluding carboxylic acids is 1. The minimum absolute atomic E-state index is 0.289.